The van der Waals surface area contributed by atoms with Crippen LogP contribution in [0.25, 0.3) is 0 Å². The van der Waals surface area contributed by atoms with E-state index in [0.717, 1.165) is 11.1 Å². The number of carbonyl (C=O) groups excluding carboxylic acids is 2. The third-order valence-electron chi connectivity index (χ3n) is 5.02. The molecule has 1 N–H and O–H groups in total. The predicted molar refractivity (Wildman–Crippen MR) is 127 cm³/mol. The van der Waals surface area contributed by atoms with E-state index in [1.54, 1.807) is 24.0 Å². The van der Waals surface area contributed by atoms with Crippen molar-refractivity contribution in [1.29, 1.82) is 0 Å². The average molecular weight is 461 g/mol. The number of hydrogen-bond acceptors (Lipinski definition) is 4. The second-order valence-electron chi connectivity index (χ2n) is 7.37. The van der Waals surface area contributed by atoms with Crippen molar-refractivity contribution in [2.24, 2.45) is 0 Å². The van der Waals surface area contributed by atoms with Crippen molar-refractivity contribution in [2.75, 3.05) is 19.8 Å². The monoisotopic (exact) mass is 460 g/mol. The highest BCUT2D eigenvalue weighted by molar-refractivity contribution is 6.30. The zero-order valence-corrected chi connectivity index (χ0v) is 20.1. The summed E-state index contributed by atoms with van der Waals surface area (Å²) in [6.07, 6.45) is 0.807. The third kappa shape index (κ3) is 7.45. The molecule has 1 atom stereocenters. The van der Waals surface area contributed by atoms with Crippen LogP contribution in [0.3, 0.4) is 0 Å². The molecule has 32 heavy (non-hydrogen) atoms. The van der Waals surface area contributed by atoms with Gasteiger partial charge in [-0.2, -0.15) is 0 Å². The Morgan fingerprint density at radius 1 is 0.969 bits per heavy atom. The van der Waals surface area contributed by atoms with E-state index < -0.39 is 6.04 Å². The number of benzene rings is 2. The van der Waals surface area contributed by atoms with Gasteiger partial charge in [0.15, 0.2) is 11.5 Å². The summed E-state index contributed by atoms with van der Waals surface area (Å²) in [5.74, 6) is 1.10. The molecular formula is C25H33ClN2O4. The van der Waals surface area contributed by atoms with Gasteiger partial charge in [0.2, 0.25) is 11.8 Å². The topological polar surface area (TPSA) is 67.9 Å². The van der Waals surface area contributed by atoms with Crippen LogP contribution in [-0.4, -0.2) is 42.5 Å². The second-order valence-corrected chi connectivity index (χ2v) is 7.80. The third-order valence-corrected chi connectivity index (χ3v) is 5.27. The number of ether oxygens (including phenoxy) is 2. The molecule has 0 saturated heterocycles. The molecule has 0 unspecified atom stereocenters. The van der Waals surface area contributed by atoms with Gasteiger partial charge in [0.1, 0.15) is 6.04 Å². The number of amides is 2. The molecule has 0 radical (unpaired) electrons. The van der Waals surface area contributed by atoms with Gasteiger partial charge in [0.05, 0.1) is 13.2 Å². The Morgan fingerprint density at radius 3 is 2.22 bits per heavy atom. The summed E-state index contributed by atoms with van der Waals surface area (Å²) in [6, 6.07) is 12.4. The number of likely N-dealkylation sites (N-methyl/N-ethyl adjacent to an activating group) is 1. The van der Waals surface area contributed by atoms with Gasteiger partial charge in [-0.3, -0.25) is 9.59 Å². The van der Waals surface area contributed by atoms with Crippen LogP contribution in [0.5, 0.6) is 11.5 Å². The predicted octanol–water partition coefficient (Wildman–Crippen LogP) is 4.62. The van der Waals surface area contributed by atoms with E-state index in [1.165, 1.54) is 0 Å². The van der Waals surface area contributed by atoms with Gasteiger partial charge >= 0.3 is 0 Å². The fourth-order valence-electron chi connectivity index (χ4n) is 3.34. The number of carbonyl (C=O) groups is 2. The van der Waals surface area contributed by atoms with Crippen LogP contribution in [0.4, 0.5) is 0 Å². The number of rotatable bonds is 12. The molecule has 0 heterocycles. The van der Waals surface area contributed by atoms with E-state index in [-0.39, 0.29) is 18.2 Å². The second kappa shape index (κ2) is 13.0. The summed E-state index contributed by atoms with van der Waals surface area (Å²) in [5, 5.41) is 3.43. The lowest BCUT2D eigenvalue weighted by Crippen LogP contribution is -2.47. The van der Waals surface area contributed by atoms with Crippen molar-refractivity contribution < 1.29 is 19.1 Å². The van der Waals surface area contributed by atoms with Crippen LogP contribution in [0.15, 0.2) is 42.5 Å². The molecule has 174 valence electrons. The first-order chi connectivity index (χ1) is 15.4. The highest BCUT2D eigenvalue weighted by Crippen LogP contribution is 2.29. The molecule has 0 aliphatic rings. The Hall–Kier alpha value is -2.73. The first-order valence-corrected chi connectivity index (χ1v) is 11.5. The average Bonchev–Trinajstić information content (AvgIpc) is 2.78. The highest BCUT2D eigenvalue weighted by Gasteiger charge is 2.25. The first kappa shape index (κ1) is 25.5. The molecule has 0 bridgehead atoms. The zero-order valence-electron chi connectivity index (χ0n) is 19.3. The maximum atomic E-state index is 13.2. The summed E-state index contributed by atoms with van der Waals surface area (Å²) in [4.78, 5) is 27.3. The van der Waals surface area contributed by atoms with E-state index in [1.807, 2.05) is 51.1 Å². The molecule has 0 aliphatic heterocycles. The SMILES string of the molecule is CCNC(=O)[C@@H](C)N(Cc1ccc(Cl)cc1)C(=O)CCc1ccc(OCC)c(OCC)c1. The minimum atomic E-state index is -0.586. The van der Waals surface area contributed by atoms with Gasteiger partial charge in [0, 0.05) is 24.5 Å². The zero-order chi connectivity index (χ0) is 23.5. The number of hydrogen-bond donors (Lipinski definition) is 1. The number of nitrogens with one attached hydrogen (secondary N) is 1. The fourth-order valence-corrected chi connectivity index (χ4v) is 3.46. The molecule has 0 aliphatic carbocycles. The minimum absolute atomic E-state index is 0.0921. The Morgan fingerprint density at radius 2 is 1.59 bits per heavy atom. The molecule has 2 amide bonds. The molecule has 7 heteroatoms. The van der Waals surface area contributed by atoms with Crippen molar-refractivity contribution in [3.63, 3.8) is 0 Å². The van der Waals surface area contributed by atoms with Gasteiger partial charge in [-0.1, -0.05) is 29.8 Å². The van der Waals surface area contributed by atoms with E-state index in [2.05, 4.69) is 5.32 Å². The van der Waals surface area contributed by atoms with Crippen molar-refractivity contribution in [3.05, 3.63) is 58.6 Å². The lowest BCUT2D eigenvalue weighted by atomic mass is 10.1. The van der Waals surface area contributed by atoms with Gasteiger partial charge in [-0.15, -0.1) is 0 Å². The Labute approximate surface area is 195 Å². The lowest BCUT2D eigenvalue weighted by molar-refractivity contribution is -0.140. The van der Waals surface area contributed by atoms with Crippen LogP contribution in [-0.2, 0) is 22.6 Å². The summed E-state index contributed by atoms with van der Waals surface area (Å²) in [7, 11) is 0. The Balaban J connectivity index is 2.15. The van der Waals surface area contributed by atoms with Gasteiger partial charge in [-0.25, -0.2) is 0 Å². The van der Waals surface area contributed by atoms with E-state index in [4.69, 9.17) is 21.1 Å². The molecule has 0 saturated carbocycles. The van der Waals surface area contributed by atoms with Crippen LogP contribution in [0.1, 0.15) is 45.2 Å². The molecule has 0 aromatic heterocycles. The van der Waals surface area contributed by atoms with Crippen molar-refractivity contribution in [3.8, 4) is 11.5 Å². The first-order valence-electron chi connectivity index (χ1n) is 11.1. The largest absolute Gasteiger partial charge is 0.490 e. The Bertz CT molecular complexity index is 886. The standard InChI is InChI=1S/C25H33ClN2O4/c1-5-27-25(30)18(4)28(17-20-8-12-21(26)13-9-20)24(29)15-11-19-10-14-22(31-6-2)23(16-19)32-7-3/h8-10,12-14,16,18H,5-7,11,15,17H2,1-4H3,(H,27,30)/t18-/m1/s1. The highest BCUT2D eigenvalue weighted by atomic mass is 35.5. The van der Waals surface area contributed by atoms with Crippen LogP contribution in [0, 0.1) is 0 Å². The van der Waals surface area contributed by atoms with Gasteiger partial charge in [-0.05, 0) is 69.5 Å². The summed E-state index contributed by atoms with van der Waals surface area (Å²) in [5.41, 5.74) is 1.89. The summed E-state index contributed by atoms with van der Waals surface area (Å²) < 4.78 is 11.3. The molecular weight excluding hydrogens is 428 g/mol. The minimum Gasteiger partial charge on any atom is -0.490 e. The number of nitrogens with zero attached hydrogens (tertiary/aromatic N) is 1. The van der Waals surface area contributed by atoms with E-state index >= 15 is 0 Å². The molecule has 0 fully saturated rings. The lowest BCUT2D eigenvalue weighted by Gasteiger charge is -2.29. The van der Waals surface area contributed by atoms with E-state index in [9.17, 15) is 9.59 Å². The summed E-state index contributed by atoms with van der Waals surface area (Å²) >= 11 is 5.98. The molecule has 2 aromatic rings. The van der Waals surface area contributed by atoms with Crippen LogP contribution >= 0.6 is 11.6 Å². The van der Waals surface area contributed by atoms with Gasteiger partial charge < -0.3 is 19.7 Å². The number of aryl methyl sites for hydroxylation is 1. The molecule has 2 aromatic carbocycles. The van der Waals surface area contributed by atoms with Crippen molar-refractivity contribution in [1.82, 2.24) is 10.2 Å². The molecule has 2 rings (SSSR count). The molecule has 0 spiro atoms. The quantitative estimate of drug-likeness (QED) is 0.501. The Kier molecular flexibility index (Phi) is 10.3. The summed E-state index contributed by atoms with van der Waals surface area (Å²) in [6.45, 7) is 9.38. The fraction of sp³-hybridized carbons (Fsp3) is 0.440. The van der Waals surface area contributed by atoms with Crippen molar-refractivity contribution in [2.45, 2.75) is 53.1 Å². The van der Waals surface area contributed by atoms with E-state index in [0.29, 0.717) is 49.2 Å². The van der Waals surface area contributed by atoms with Crippen LogP contribution in [0.2, 0.25) is 5.02 Å². The smallest absolute Gasteiger partial charge is 0.242 e. The normalized spacial score (nSPS) is 11.5. The maximum Gasteiger partial charge on any atom is 0.242 e. The van der Waals surface area contributed by atoms with Crippen molar-refractivity contribution >= 4 is 23.4 Å². The number of halogens is 1. The van der Waals surface area contributed by atoms with Gasteiger partial charge in [0.25, 0.3) is 0 Å². The maximum absolute atomic E-state index is 13.2. The van der Waals surface area contributed by atoms with Crippen LogP contribution < -0.4 is 14.8 Å². The molecule has 6 nitrogen and oxygen atoms in total.